The van der Waals surface area contributed by atoms with Crippen LogP contribution in [0.15, 0.2) is 48.7 Å². The number of nitrogens with one attached hydrogen (secondary N) is 1. The van der Waals surface area contributed by atoms with Gasteiger partial charge in [0.25, 0.3) is 5.91 Å². The number of hydrogen-bond donors (Lipinski definition) is 2. The van der Waals surface area contributed by atoms with E-state index in [2.05, 4.69) is 27.3 Å². The summed E-state index contributed by atoms with van der Waals surface area (Å²) in [6.07, 6.45) is 2.36. The van der Waals surface area contributed by atoms with Crippen LogP contribution < -0.4 is 10.2 Å². The van der Waals surface area contributed by atoms with E-state index < -0.39 is 5.97 Å². The van der Waals surface area contributed by atoms with Gasteiger partial charge in [-0.1, -0.05) is 18.2 Å². The normalized spacial score (nSPS) is 16.8. The van der Waals surface area contributed by atoms with Gasteiger partial charge in [-0.15, -0.1) is 0 Å². The summed E-state index contributed by atoms with van der Waals surface area (Å²) in [5.41, 5.74) is 1.39. The van der Waals surface area contributed by atoms with E-state index in [0.29, 0.717) is 18.0 Å². The molecule has 6 nitrogen and oxygen atoms in total. The molecule has 1 saturated heterocycles. The van der Waals surface area contributed by atoms with Crippen molar-refractivity contribution in [1.82, 2.24) is 10.3 Å². The highest BCUT2D eigenvalue weighted by atomic mass is 16.4. The highest BCUT2D eigenvalue weighted by molar-refractivity contribution is 5.96. The van der Waals surface area contributed by atoms with Crippen LogP contribution in [0.4, 0.5) is 5.69 Å². The number of para-hydroxylation sites is 1. The third-order valence-electron chi connectivity index (χ3n) is 4.20. The molecule has 1 atom stereocenters. The van der Waals surface area contributed by atoms with E-state index in [1.165, 1.54) is 24.0 Å². The van der Waals surface area contributed by atoms with Gasteiger partial charge in [0.2, 0.25) is 0 Å². The number of nitrogens with zero attached hydrogens (tertiary/aromatic N) is 2. The molecule has 3 rings (SSSR count). The van der Waals surface area contributed by atoms with Gasteiger partial charge in [-0.2, -0.15) is 0 Å². The summed E-state index contributed by atoms with van der Waals surface area (Å²) in [6, 6.07) is 13.0. The maximum Gasteiger partial charge on any atom is 0.354 e. The standard InChI is InChI=1S/C18H19N3O3/c22-17(14-6-8-19-16(10-14)18(23)24)20-11-13-7-9-21(12-13)15-4-2-1-3-5-15/h1-6,8,10,13H,7,9,11-12H2,(H,20,22)(H,23,24). The van der Waals surface area contributed by atoms with E-state index in [0.717, 1.165) is 19.5 Å². The lowest BCUT2D eigenvalue weighted by molar-refractivity contribution is 0.0690. The fourth-order valence-electron chi connectivity index (χ4n) is 2.90. The number of amides is 1. The summed E-state index contributed by atoms with van der Waals surface area (Å²) < 4.78 is 0. The lowest BCUT2D eigenvalue weighted by atomic mass is 10.1. The van der Waals surface area contributed by atoms with Gasteiger partial charge in [0.05, 0.1) is 0 Å². The minimum absolute atomic E-state index is 0.126. The number of rotatable bonds is 5. The summed E-state index contributed by atoms with van der Waals surface area (Å²) in [7, 11) is 0. The van der Waals surface area contributed by atoms with Crippen LogP contribution in [0.1, 0.15) is 27.3 Å². The Morgan fingerprint density at radius 3 is 2.79 bits per heavy atom. The molecule has 24 heavy (non-hydrogen) atoms. The smallest absolute Gasteiger partial charge is 0.354 e. The molecule has 1 aromatic carbocycles. The molecule has 2 N–H and O–H groups in total. The number of benzene rings is 1. The van der Waals surface area contributed by atoms with Gasteiger partial charge in [0, 0.05) is 37.1 Å². The van der Waals surface area contributed by atoms with Crippen molar-refractivity contribution in [3.63, 3.8) is 0 Å². The summed E-state index contributed by atoms with van der Waals surface area (Å²) in [4.78, 5) is 29.1. The van der Waals surface area contributed by atoms with E-state index in [1.54, 1.807) is 0 Å². The van der Waals surface area contributed by atoms with Crippen molar-refractivity contribution in [2.75, 3.05) is 24.5 Å². The topological polar surface area (TPSA) is 82.5 Å². The average Bonchev–Trinajstić information content (AvgIpc) is 3.09. The van der Waals surface area contributed by atoms with Crippen LogP contribution in [0.3, 0.4) is 0 Å². The van der Waals surface area contributed by atoms with Gasteiger partial charge >= 0.3 is 5.97 Å². The van der Waals surface area contributed by atoms with Crippen LogP contribution in [0.5, 0.6) is 0 Å². The van der Waals surface area contributed by atoms with Crippen molar-refractivity contribution in [2.45, 2.75) is 6.42 Å². The van der Waals surface area contributed by atoms with Gasteiger partial charge in [-0.25, -0.2) is 9.78 Å². The monoisotopic (exact) mass is 325 g/mol. The zero-order chi connectivity index (χ0) is 16.9. The first kappa shape index (κ1) is 16.0. The van der Waals surface area contributed by atoms with Crippen molar-refractivity contribution >= 4 is 17.6 Å². The van der Waals surface area contributed by atoms with Gasteiger partial charge in [-0.05, 0) is 36.6 Å². The Morgan fingerprint density at radius 2 is 2.04 bits per heavy atom. The highest BCUT2D eigenvalue weighted by Gasteiger charge is 2.23. The van der Waals surface area contributed by atoms with Crippen LogP contribution in [-0.2, 0) is 0 Å². The SMILES string of the molecule is O=C(NCC1CCN(c2ccccc2)C1)c1ccnc(C(=O)O)c1. The van der Waals surface area contributed by atoms with Crippen LogP contribution in [0, 0.1) is 5.92 Å². The largest absolute Gasteiger partial charge is 0.477 e. The number of aromatic carboxylic acids is 1. The third kappa shape index (κ3) is 3.71. The second kappa shape index (κ2) is 7.12. The molecule has 1 unspecified atom stereocenters. The minimum Gasteiger partial charge on any atom is -0.477 e. The Kier molecular flexibility index (Phi) is 4.74. The van der Waals surface area contributed by atoms with Crippen LogP contribution >= 0.6 is 0 Å². The van der Waals surface area contributed by atoms with Crippen molar-refractivity contribution in [3.05, 3.63) is 59.9 Å². The number of anilines is 1. The van der Waals surface area contributed by atoms with Crippen molar-refractivity contribution in [1.29, 1.82) is 0 Å². The number of aromatic nitrogens is 1. The number of carbonyl (C=O) groups excluding carboxylic acids is 1. The molecule has 1 aliphatic heterocycles. The quantitative estimate of drug-likeness (QED) is 0.879. The molecule has 0 bridgehead atoms. The highest BCUT2D eigenvalue weighted by Crippen LogP contribution is 2.23. The van der Waals surface area contributed by atoms with Crippen LogP contribution in [0.25, 0.3) is 0 Å². The molecule has 1 amide bonds. The zero-order valence-corrected chi connectivity index (χ0v) is 13.2. The summed E-state index contributed by atoms with van der Waals surface area (Å²) in [5.74, 6) is -1.02. The van der Waals surface area contributed by atoms with E-state index in [-0.39, 0.29) is 11.6 Å². The Balaban J connectivity index is 1.54. The maximum absolute atomic E-state index is 12.2. The molecular formula is C18H19N3O3. The number of carboxylic acid groups (broad SMARTS) is 1. The zero-order valence-electron chi connectivity index (χ0n) is 13.2. The van der Waals surface area contributed by atoms with Crippen molar-refractivity contribution in [3.8, 4) is 0 Å². The fraction of sp³-hybridized carbons (Fsp3) is 0.278. The molecular weight excluding hydrogens is 306 g/mol. The van der Waals surface area contributed by atoms with Crippen LogP contribution in [-0.4, -0.2) is 41.6 Å². The van der Waals surface area contributed by atoms with Gasteiger partial charge < -0.3 is 15.3 Å². The second-order valence-corrected chi connectivity index (χ2v) is 5.88. The molecule has 0 saturated carbocycles. The Morgan fingerprint density at radius 1 is 1.25 bits per heavy atom. The minimum atomic E-state index is -1.14. The van der Waals surface area contributed by atoms with E-state index in [1.807, 2.05) is 18.2 Å². The average molecular weight is 325 g/mol. The summed E-state index contributed by atoms with van der Waals surface area (Å²) in [6.45, 7) is 2.46. The lowest BCUT2D eigenvalue weighted by Crippen LogP contribution is -2.31. The molecule has 0 aliphatic carbocycles. The van der Waals surface area contributed by atoms with Crippen LogP contribution in [0.2, 0.25) is 0 Å². The predicted octanol–water partition coefficient (Wildman–Crippen LogP) is 2.04. The third-order valence-corrected chi connectivity index (χ3v) is 4.20. The van der Waals surface area contributed by atoms with Gasteiger partial charge in [-0.3, -0.25) is 4.79 Å². The first-order valence-electron chi connectivity index (χ1n) is 7.91. The first-order chi connectivity index (χ1) is 11.6. The fourth-order valence-corrected chi connectivity index (χ4v) is 2.90. The summed E-state index contributed by atoms with van der Waals surface area (Å²) >= 11 is 0. The van der Waals surface area contributed by atoms with Crippen molar-refractivity contribution < 1.29 is 14.7 Å². The van der Waals surface area contributed by atoms with Gasteiger partial charge in [0.15, 0.2) is 0 Å². The number of carbonyl (C=O) groups is 2. The van der Waals surface area contributed by atoms with Crippen molar-refractivity contribution in [2.24, 2.45) is 5.92 Å². The Bertz CT molecular complexity index is 733. The maximum atomic E-state index is 12.2. The van der Waals surface area contributed by atoms with Gasteiger partial charge in [0.1, 0.15) is 5.69 Å². The molecule has 1 aliphatic rings. The van der Waals surface area contributed by atoms with E-state index in [4.69, 9.17) is 5.11 Å². The molecule has 0 spiro atoms. The lowest BCUT2D eigenvalue weighted by Gasteiger charge is -2.18. The molecule has 1 aromatic heterocycles. The number of pyridine rings is 1. The number of hydrogen-bond acceptors (Lipinski definition) is 4. The van der Waals surface area contributed by atoms with E-state index >= 15 is 0 Å². The first-order valence-corrected chi connectivity index (χ1v) is 7.91. The Labute approximate surface area is 140 Å². The molecule has 1 fully saturated rings. The molecule has 124 valence electrons. The molecule has 2 heterocycles. The summed E-state index contributed by atoms with van der Waals surface area (Å²) in [5, 5.41) is 11.8. The molecule has 2 aromatic rings. The predicted molar refractivity (Wildman–Crippen MR) is 90.3 cm³/mol. The van der Waals surface area contributed by atoms with E-state index in [9.17, 15) is 9.59 Å². The molecule has 0 radical (unpaired) electrons. The Hall–Kier alpha value is -2.89. The molecule has 6 heteroatoms. The number of carboxylic acids is 1. The second-order valence-electron chi connectivity index (χ2n) is 5.88.